The van der Waals surface area contributed by atoms with Gasteiger partial charge in [-0.05, 0) is 29.8 Å². The monoisotopic (exact) mass is 338 g/mol. The van der Waals surface area contributed by atoms with E-state index in [2.05, 4.69) is 15.5 Å². The van der Waals surface area contributed by atoms with E-state index >= 15 is 0 Å². The number of anilines is 1. The number of fused-ring (bicyclic) bond motifs is 1. The van der Waals surface area contributed by atoms with Crippen LogP contribution < -0.4 is 20.5 Å². The zero-order chi connectivity index (χ0) is 17.2. The number of carbonyl (C=O) groups excluding carboxylic acids is 1. The zero-order valence-electron chi connectivity index (χ0n) is 13.1. The molecule has 25 heavy (non-hydrogen) atoms. The van der Waals surface area contributed by atoms with Crippen LogP contribution in [-0.4, -0.2) is 22.9 Å². The molecule has 8 nitrogen and oxygen atoms in total. The Morgan fingerprint density at radius 1 is 1.12 bits per heavy atom. The van der Waals surface area contributed by atoms with E-state index in [1.54, 1.807) is 30.3 Å². The van der Waals surface area contributed by atoms with E-state index in [-0.39, 0.29) is 18.6 Å². The van der Waals surface area contributed by atoms with Crippen LogP contribution in [0.15, 0.2) is 46.9 Å². The molecule has 8 heteroatoms. The van der Waals surface area contributed by atoms with Gasteiger partial charge in [0.2, 0.25) is 12.7 Å². The van der Waals surface area contributed by atoms with Crippen LogP contribution in [-0.2, 0) is 6.54 Å². The maximum Gasteiger partial charge on any atom is 0.309 e. The first-order chi connectivity index (χ1) is 12.2. The summed E-state index contributed by atoms with van der Waals surface area (Å²) in [5.41, 5.74) is 7.82. The SMILES string of the molecule is Nc1ccccc1-c1nnc(C(=O)NCc2ccc3c(c2)OCO3)o1. The molecule has 3 aromatic rings. The van der Waals surface area contributed by atoms with Crippen molar-refractivity contribution < 1.29 is 18.7 Å². The van der Waals surface area contributed by atoms with Gasteiger partial charge < -0.3 is 24.9 Å². The second-order valence-corrected chi connectivity index (χ2v) is 5.37. The van der Waals surface area contributed by atoms with Gasteiger partial charge in [0.05, 0.1) is 5.56 Å². The summed E-state index contributed by atoms with van der Waals surface area (Å²) in [7, 11) is 0. The van der Waals surface area contributed by atoms with Gasteiger partial charge in [-0.1, -0.05) is 18.2 Å². The third-order valence-corrected chi connectivity index (χ3v) is 3.70. The van der Waals surface area contributed by atoms with Crippen LogP contribution >= 0.6 is 0 Å². The van der Waals surface area contributed by atoms with Crippen LogP contribution in [0, 0.1) is 0 Å². The third kappa shape index (κ3) is 2.97. The minimum atomic E-state index is -0.467. The van der Waals surface area contributed by atoms with E-state index in [1.165, 1.54) is 0 Å². The highest BCUT2D eigenvalue weighted by molar-refractivity contribution is 5.89. The molecule has 0 unspecified atom stereocenters. The second kappa shape index (κ2) is 6.16. The number of rotatable bonds is 4. The smallest absolute Gasteiger partial charge is 0.309 e. The highest BCUT2D eigenvalue weighted by Crippen LogP contribution is 2.32. The summed E-state index contributed by atoms with van der Waals surface area (Å²) in [6.07, 6.45) is 0. The molecule has 0 fully saturated rings. The van der Waals surface area contributed by atoms with Crippen molar-refractivity contribution in [2.75, 3.05) is 12.5 Å². The lowest BCUT2D eigenvalue weighted by atomic mass is 10.2. The van der Waals surface area contributed by atoms with Gasteiger partial charge in [0.25, 0.3) is 0 Å². The molecular formula is C17H14N4O4. The molecule has 1 amide bonds. The summed E-state index contributed by atoms with van der Waals surface area (Å²) < 4.78 is 16.0. The quantitative estimate of drug-likeness (QED) is 0.699. The molecule has 0 atom stereocenters. The standard InChI is InChI=1S/C17H14N4O4/c18-12-4-2-1-3-11(12)16-20-21-17(25-16)15(22)19-8-10-5-6-13-14(7-10)24-9-23-13/h1-7H,8-9,18H2,(H,19,22). The minimum absolute atomic E-state index is 0.126. The Bertz CT molecular complexity index is 938. The zero-order valence-corrected chi connectivity index (χ0v) is 13.1. The number of hydrogen-bond donors (Lipinski definition) is 2. The molecule has 1 aromatic heterocycles. The average molecular weight is 338 g/mol. The van der Waals surface area contributed by atoms with Gasteiger partial charge in [0, 0.05) is 12.2 Å². The molecule has 1 aliphatic heterocycles. The fourth-order valence-electron chi connectivity index (χ4n) is 2.42. The topological polar surface area (TPSA) is 113 Å². The van der Waals surface area contributed by atoms with Crippen molar-refractivity contribution in [2.45, 2.75) is 6.54 Å². The van der Waals surface area contributed by atoms with Gasteiger partial charge in [-0.25, -0.2) is 0 Å². The Morgan fingerprint density at radius 3 is 2.84 bits per heavy atom. The molecule has 2 heterocycles. The van der Waals surface area contributed by atoms with Crippen molar-refractivity contribution in [3.8, 4) is 23.0 Å². The molecule has 126 valence electrons. The first kappa shape index (κ1) is 15.0. The number of hydrogen-bond acceptors (Lipinski definition) is 7. The number of aromatic nitrogens is 2. The third-order valence-electron chi connectivity index (χ3n) is 3.70. The van der Waals surface area contributed by atoms with E-state index in [4.69, 9.17) is 19.6 Å². The van der Waals surface area contributed by atoms with Crippen molar-refractivity contribution in [1.29, 1.82) is 0 Å². The predicted molar refractivity (Wildman–Crippen MR) is 87.9 cm³/mol. The molecule has 2 aromatic carbocycles. The number of nitrogens with two attached hydrogens (primary N) is 1. The van der Waals surface area contributed by atoms with Gasteiger partial charge in [-0.2, -0.15) is 0 Å². The summed E-state index contributed by atoms with van der Waals surface area (Å²) in [6, 6.07) is 12.5. The Labute approximate surface area is 142 Å². The van der Waals surface area contributed by atoms with Gasteiger partial charge in [-0.15, -0.1) is 10.2 Å². The van der Waals surface area contributed by atoms with Crippen LogP contribution in [0.3, 0.4) is 0 Å². The number of para-hydroxylation sites is 1. The van der Waals surface area contributed by atoms with Gasteiger partial charge in [0.1, 0.15) is 0 Å². The summed E-state index contributed by atoms with van der Waals surface area (Å²) in [6.45, 7) is 0.499. The van der Waals surface area contributed by atoms with E-state index in [0.29, 0.717) is 29.3 Å². The molecule has 1 aliphatic rings. The van der Waals surface area contributed by atoms with Crippen molar-refractivity contribution >= 4 is 11.6 Å². The second-order valence-electron chi connectivity index (χ2n) is 5.37. The minimum Gasteiger partial charge on any atom is -0.454 e. The van der Waals surface area contributed by atoms with Gasteiger partial charge in [-0.3, -0.25) is 4.79 Å². The number of benzene rings is 2. The van der Waals surface area contributed by atoms with Crippen LogP contribution in [0.2, 0.25) is 0 Å². The molecule has 0 saturated heterocycles. The molecule has 0 spiro atoms. The fourth-order valence-corrected chi connectivity index (χ4v) is 2.42. The summed E-state index contributed by atoms with van der Waals surface area (Å²) in [5.74, 6) is 0.958. The summed E-state index contributed by atoms with van der Waals surface area (Å²) >= 11 is 0. The van der Waals surface area contributed by atoms with Crippen molar-refractivity contribution in [3.05, 3.63) is 53.9 Å². The molecule has 4 rings (SSSR count). The Morgan fingerprint density at radius 2 is 1.96 bits per heavy atom. The first-order valence-corrected chi connectivity index (χ1v) is 7.56. The maximum absolute atomic E-state index is 12.2. The number of ether oxygens (including phenoxy) is 2. The lowest BCUT2D eigenvalue weighted by molar-refractivity contribution is 0.0916. The van der Waals surface area contributed by atoms with Crippen molar-refractivity contribution in [1.82, 2.24) is 15.5 Å². The highest BCUT2D eigenvalue weighted by atomic mass is 16.7. The first-order valence-electron chi connectivity index (χ1n) is 7.56. The maximum atomic E-state index is 12.2. The van der Waals surface area contributed by atoms with E-state index in [9.17, 15) is 4.79 Å². The van der Waals surface area contributed by atoms with E-state index < -0.39 is 5.91 Å². The molecule has 0 aliphatic carbocycles. The summed E-state index contributed by atoms with van der Waals surface area (Å²) in [5, 5.41) is 10.4. The van der Waals surface area contributed by atoms with Crippen molar-refractivity contribution in [2.24, 2.45) is 0 Å². The van der Waals surface area contributed by atoms with Crippen LogP contribution in [0.25, 0.3) is 11.5 Å². The Hall–Kier alpha value is -3.55. The average Bonchev–Trinajstić information content (AvgIpc) is 3.29. The van der Waals surface area contributed by atoms with Crippen LogP contribution in [0.1, 0.15) is 16.2 Å². The Kier molecular flexibility index (Phi) is 3.70. The fraction of sp³-hybridized carbons (Fsp3) is 0.118. The van der Waals surface area contributed by atoms with Gasteiger partial charge in [0.15, 0.2) is 11.5 Å². The number of nitrogen functional groups attached to an aromatic ring is 1. The lowest BCUT2D eigenvalue weighted by Gasteiger charge is -2.04. The molecule has 0 radical (unpaired) electrons. The lowest BCUT2D eigenvalue weighted by Crippen LogP contribution is -2.23. The van der Waals surface area contributed by atoms with Crippen LogP contribution in [0.5, 0.6) is 11.5 Å². The highest BCUT2D eigenvalue weighted by Gasteiger charge is 2.18. The van der Waals surface area contributed by atoms with Crippen molar-refractivity contribution in [3.63, 3.8) is 0 Å². The van der Waals surface area contributed by atoms with Crippen LogP contribution in [0.4, 0.5) is 5.69 Å². The predicted octanol–water partition coefficient (Wildman–Crippen LogP) is 1.98. The number of nitrogens with one attached hydrogen (secondary N) is 1. The van der Waals surface area contributed by atoms with E-state index in [1.807, 2.05) is 12.1 Å². The summed E-state index contributed by atoms with van der Waals surface area (Å²) in [4.78, 5) is 12.2. The Balaban J connectivity index is 1.44. The largest absolute Gasteiger partial charge is 0.454 e. The molecular weight excluding hydrogens is 324 g/mol. The van der Waals surface area contributed by atoms with E-state index in [0.717, 1.165) is 5.56 Å². The molecule has 3 N–H and O–H groups in total. The normalized spacial score (nSPS) is 12.2. The molecule has 0 saturated carbocycles. The number of carbonyl (C=O) groups is 1. The number of nitrogens with zero attached hydrogens (tertiary/aromatic N) is 2. The molecule has 0 bridgehead atoms. The number of amides is 1. The van der Waals surface area contributed by atoms with Gasteiger partial charge >= 0.3 is 11.8 Å².